The molecular weight excluding hydrogens is 370 g/mol. The van der Waals surface area contributed by atoms with Gasteiger partial charge in [-0.05, 0) is 24.3 Å². The zero-order valence-corrected chi connectivity index (χ0v) is 16.2. The SMILES string of the molecule is CC(C)(C)C(=O)N1CCN(CCC(=O)Nc2ccc(Br)cc2)CC1. The first-order valence-corrected chi connectivity index (χ1v) is 9.12. The molecule has 0 bridgehead atoms. The summed E-state index contributed by atoms with van der Waals surface area (Å²) >= 11 is 3.37. The molecule has 24 heavy (non-hydrogen) atoms. The van der Waals surface area contributed by atoms with Crippen LogP contribution < -0.4 is 5.32 Å². The Balaban J connectivity index is 1.71. The molecule has 0 spiro atoms. The zero-order valence-electron chi connectivity index (χ0n) is 14.6. The van der Waals surface area contributed by atoms with E-state index in [1.165, 1.54) is 0 Å². The highest BCUT2D eigenvalue weighted by Gasteiger charge is 2.29. The fraction of sp³-hybridized carbons (Fsp3) is 0.556. The lowest BCUT2D eigenvalue weighted by Gasteiger charge is -2.37. The third-order valence-electron chi connectivity index (χ3n) is 4.08. The van der Waals surface area contributed by atoms with Crippen molar-refractivity contribution >= 4 is 33.4 Å². The number of amides is 2. The van der Waals surface area contributed by atoms with Gasteiger partial charge in [-0.1, -0.05) is 36.7 Å². The van der Waals surface area contributed by atoms with Gasteiger partial charge in [0.1, 0.15) is 0 Å². The number of piperazine rings is 1. The van der Waals surface area contributed by atoms with Crippen LogP contribution in [0.25, 0.3) is 0 Å². The van der Waals surface area contributed by atoms with Gasteiger partial charge in [0.05, 0.1) is 0 Å². The Labute approximate surface area is 152 Å². The third kappa shape index (κ3) is 5.60. The maximum Gasteiger partial charge on any atom is 0.228 e. The minimum atomic E-state index is -0.327. The molecule has 6 heteroatoms. The van der Waals surface area contributed by atoms with Gasteiger partial charge in [-0.25, -0.2) is 0 Å². The van der Waals surface area contributed by atoms with Crippen LogP contribution in [0.4, 0.5) is 5.69 Å². The maximum atomic E-state index is 12.3. The molecule has 1 fully saturated rings. The van der Waals surface area contributed by atoms with E-state index in [0.717, 1.165) is 42.9 Å². The van der Waals surface area contributed by atoms with Crippen LogP contribution in [0, 0.1) is 5.41 Å². The average molecular weight is 396 g/mol. The number of benzene rings is 1. The molecular formula is C18H26BrN3O2. The number of hydrogen-bond acceptors (Lipinski definition) is 3. The summed E-state index contributed by atoms with van der Waals surface area (Å²) in [5.74, 6) is 0.223. The normalized spacial score (nSPS) is 16.1. The molecule has 1 aliphatic heterocycles. The second-order valence-corrected chi connectivity index (χ2v) is 8.10. The van der Waals surface area contributed by atoms with Gasteiger partial charge in [-0.2, -0.15) is 0 Å². The second kappa shape index (κ2) is 8.12. The predicted molar refractivity (Wildman–Crippen MR) is 99.9 cm³/mol. The van der Waals surface area contributed by atoms with Crippen molar-refractivity contribution in [1.82, 2.24) is 9.80 Å². The quantitative estimate of drug-likeness (QED) is 0.852. The van der Waals surface area contributed by atoms with Gasteiger partial charge in [0, 0.05) is 54.7 Å². The number of nitrogens with zero attached hydrogens (tertiary/aromatic N) is 2. The molecule has 1 aromatic rings. The van der Waals surface area contributed by atoms with Crippen LogP contribution in [0.1, 0.15) is 27.2 Å². The van der Waals surface area contributed by atoms with Gasteiger partial charge in [-0.15, -0.1) is 0 Å². The van der Waals surface area contributed by atoms with Crippen LogP contribution >= 0.6 is 15.9 Å². The monoisotopic (exact) mass is 395 g/mol. The first kappa shape index (κ1) is 18.9. The number of nitrogens with one attached hydrogen (secondary N) is 1. The Bertz CT molecular complexity index is 573. The Morgan fingerprint density at radius 2 is 1.67 bits per heavy atom. The molecule has 0 saturated carbocycles. The Morgan fingerprint density at radius 3 is 2.21 bits per heavy atom. The van der Waals surface area contributed by atoms with Gasteiger partial charge in [0.25, 0.3) is 0 Å². The standard InChI is InChI=1S/C18H26BrN3O2/c1-18(2,3)17(24)22-12-10-21(11-13-22)9-8-16(23)20-15-6-4-14(19)5-7-15/h4-7H,8-13H2,1-3H3,(H,20,23). The molecule has 5 nitrogen and oxygen atoms in total. The van der Waals surface area contributed by atoms with Crippen molar-refractivity contribution < 1.29 is 9.59 Å². The van der Waals surface area contributed by atoms with Crippen LogP contribution in [0.3, 0.4) is 0 Å². The third-order valence-corrected chi connectivity index (χ3v) is 4.61. The summed E-state index contributed by atoms with van der Waals surface area (Å²) in [5.41, 5.74) is 0.482. The lowest BCUT2D eigenvalue weighted by molar-refractivity contribution is -0.141. The van der Waals surface area contributed by atoms with Gasteiger partial charge in [-0.3, -0.25) is 14.5 Å². The van der Waals surface area contributed by atoms with Crippen molar-refractivity contribution in [2.75, 3.05) is 38.0 Å². The predicted octanol–water partition coefficient (Wildman–Crippen LogP) is 2.97. The molecule has 1 N–H and O–H groups in total. The molecule has 1 saturated heterocycles. The number of halogens is 1. The van der Waals surface area contributed by atoms with E-state index >= 15 is 0 Å². The molecule has 1 heterocycles. The van der Waals surface area contributed by atoms with Crippen molar-refractivity contribution in [3.63, 3.8) is 0 Å². The lowest BCUT2D eigenvalue weighted by Crippen LogP contribution is -2.51. The number of rotatable bonds is 4. The molecule has 0 aromatic heterocycles. The van der Waals surface area contributed by atoms with Crippen molar-refractivity contribution in [2.45, 2.75) is 27.2 Å². The molecule has 0 unspecified atom stereocenters. The first-order chi connectivity index (χ1) is 11.3. The molecule has 2 amide bonds. The van der Waals surface area contributed by atoms with Crippen molar-refractivity contribution in [3.05, 3.63) is 28.7 Å². The number of anilines is 1. The van der Waals surface area contributed by atoms with Crippen molar-refractivity contribution in [3.8, 4) is 0 Å². The van der Waals surface area contributed by atoms with E-state index in [4.69, 9.17) is 0 Å². The number of carbonyl (C=O) groups is 2. The highest BCUT2D eigenvalue weighted by Crippen LogP contribution is 2.19. The van der Waals surface area contributed by atoms with E-state index in [1.54, 1.807) is 0 Å². The van der Waals surface area contributed by atoms with Gasteiger partial charge >= 0.3 is 0 Å². The molecule has 0 atom stereocenters. The first-order valence-electron chi connectivity index (χ1n) is 8.33. The average Bonchev–Trinajstić information content (AvgIpc) is 2.54. The highest BCUT2D eigenvalue weighted by molar-refractivity contribution is 9.10. The minimum absolute atomic E-state index is 0.0190. The number of carbonyl (C=O) groups excluding carboxylic acids is 2. The van der Waals surface area contributed by atoms with Crippen molar-refractivity contribution in [2.24, 2.45) is 5.41 Å². The van der Waals surface area contributed by atoms with Crippen LogP contribution in [0.15, 0.2) is 28.7 Å². The summed E-state index contributed by atoms with van der Waals surface area (Å²) in [5, 5.41) is 2.90. The van der Waals surface area contributed by atoms with E-state index in [-0.39, 0.29) is 17.2 Å². The van der Waals surface area contributed by atoms with Crippen LogP contribution in [0.2, 0.25) is 0 Å². The largest absolute Gasteiger partial charge is 0.340 e. The zero-order chi connectivity index (χ0) is 17.7. The fourth-order valence-corrected chi connectivity index (χ4v) is 2.93. The maximum absolute atomic E-state index is 12.3. The Morgan fingerprint density at radius 1 is 1.08 bits per heavy atom. The molecule has 0 aliphatic carbocycles. The van der Waals surface area contributed by atoms with Gasteiger partial charge in [0.2, 0.25) is 11.8 Å². The van der Waals surface area contributed by atoms with E-state index in [0.29, 0.717) is 6.42 Å². The van der Waals surface area contributed by atoms with E-state index in [9.17, 15) is 9.59 Å². The summed E-state index contributed by atoms with van der Waals surface area (Å²) in [7, 11) is 0. The molecule has 132 valence electrons. The molecule has 0 radical (unpaired) electrons. The Hall–Kier alpha value is -1.40. The summed E-state index contributed by atoms with van der Waals surface area (Å²) in [6, 6.07) is 7.56. The molecule has 1 aromatic carbocycles. The number of hydrogen-bond donors (Lipinski definition) is 1. The smallest absolute Gasteiger partial charge is 0.228 e. The van der Waals surface area contributed by atoms with Gasteiger partial charge in [0.15, 0.2) is 0 Å². The summed E-state index contributed by atoms with van der Waals surface area (Å²) in [6.07, 6.45) is 0.462. The topological polar surface area (TPSA) is 52.7 Å². The van der Waals surface area contributed by atoms with Crippen LogP contribution in [0.5, 0.6) is 0 Å². The van der Waals surface area contributed by atoms with Gasteiger partial charge < -0.3 is 10.2 Å². The van der Waals surface area contributed by atoms with E-state index in [1.807, 2.05) is 49.9 Å². The van der Waals surface area contributed by atoms with Crippen molar-refractivity contribution in [1.29, 1.82) is 0 Å². The van der Waals surface area contributed by atoms with Crippen LogP contribution in [-0.2, 0) is 9.59 Å². The minimum Gasteiger partial charge on any atom is -0.340 e. The molecule has 2 rings (SSSR count). The van der Waals surface area contributed by atoms with Crippen LogP contribution in [-0.4, -0.2) is 54.3 Å². The summed E-state index contributed by atoms with van der Waals surface area (Å²) < 4.78 is 0.989. The summed E-state index contributed by atoms with van der Waals surface area (Å²) in [6.45, 7) is 9.71. The van der Waals surface area contributed by atoms with E-state index < -0.39 is 0 Å². The summed E-state index contributed by atoms with van der Waals surface area (Å²) in [4.78, 5) is 28.5. The highest BCUT2D eigenvalue weighted by atomic mass is 79.9. The second-order valence-electron chi connectivity index (χ2n) is 7.19. The van der Waals surface area contributed by atoms with E-state index in [2.05, 4.69) is 26.1 Å². The Kier molecular flexibility index (Phi) is 6.40. The molecule has 1 aliphatic rings. The fourth-order valence-electron chi connectivity index (χ4n) is 2.67. The lowest BCUT2D eigenvalue weighted by atomic mass is 9.94.